The van der Waals surface area contributed by atoms with E-state index in [2.05, 4.69) is 24.3 Å². The summed E-state index contributed by atoms with van der Waals surface area (Å²) in [6.45, 7) is 0.867. The number of fused-ring (bicyclic) bond motifs is 3. The molecule has 0 spiro atoms. The van der Waals surface area contributed by atoms with E-state index in [9.17, 15) is 9.59 Å². The van der Waals surface area contributed by atoms with Crippen molar-refractivity contribution in [1.82, 2.24) is 4.90 Å². The molecule has 2 aliphatic rings. The van der Waals surface area contributed by atoms with Gasteiger partial charge in [0.15, 0.2) is 0 Å². The molecule has 0 radical (unpaired) electrons. The Morgan fingerprint density at radius 2 is 1.48 bits per heavy atom. The second-order valence-corrected chi connectivity index (χ2v) is 10.2. The van der Waals surface area contributed by atoms with Crippen LogP contribution in [0.3, 0.4) is 0 Å². The Bertz CT molecular complexity index is 1070. The van der Waals surface area contributed by atoms with Crippen molar-refractivity contribution in [2.45, 2.75) is 24.8 Å². The van der Waals surface area contributed by atoms with Gasteiger partial charge in [0.2, 0.25) is 0 Å². The molecule has 5 rings (SSSR count). The molecule has 0 saturated carbocycles. The summed E-state index contributed by atoms with van der Waals surface area (Å²) in [5.41, 5.74) is 4.80. The Kier molecular flexibility index (Phi) is 5.62. The topological polar surface area (TPSA) is 46.6 Å². The van der Waals surface area contributed by atoms with E-state index >= 15 is 0 Å². The van der Waals surface area contributed by atoms with Gasteiger partial charge in [0.05, 0.1) is 0 Å². The third kappa shape index (κ3) is 3.91. The summed E-state index contributed by atoms with van der Waals surface area (Å²) in [5, 5.41) is 0. The predicted octanol–water partition coefficient (Wildman–Crippen LogP) is 3.96. The number of nitrogens with zero attached hydrogens (tertiary/aromatic N) is 1. The molecular formula is C26H23NO3Se. The molecule has 31 heavy (non-hydrogen) atoms. The molecule has 5 heteroatoms. The van der Waals surface area contributed by atoms with Crippen molar-refractivity contribution < 1.29 is 14.3 Å². The van der Waals surface area contributed by atoms with E-state index in [4.69, 9.17) is 4.74 Å². The minimum absolute atomic E-state index is 0.0293. The molecule has 4 nitrogen and oxygen atoms in total. The summed E-state index contributed by atoms with van der Waals surface area (Å²) in [4.78, 5) is 27.5. The quantitative estimate of drug-likeness (QED) is 0.524. The van der Waals surface area contributed by atoms with E-state index in [-0.39, 0.29) is 44.3 Å². The Labute approximate surface area is 188 Å². The van der Waals surface area contributed by atoms with Crippen LogP contribution in [-0.4, -0.2) is 49.8 Å². The van der Waals surface area contributed by atoms with Gasteiger partial charge in [-0.3, -0.25) is 0 Å². The van der Waals surface area contributed by atoms with Crippen molar-refractivity contribution in [2.24, 2.45) is 0 Å². The Morgan fingerprint density at radius 3 is 2.16 bits per heavy atom. The van der Waals surface area contributed by atoms with Gasteiger partial charge < -0.3 is 0 Å². The summed E-state index contributed by atoms with van der Waals surface area (Å²) >= 11 is -0.294. The van der Waals surface area contributed by atoms with Crippen LogP contribution < -0.4 is 4.46 Å². The van der Waals surface area contributed by atoms with Crippen LogP contribution in [0.15, 0.2) is 78.9 Å². The average molecular weight is 476 g/mol. The monoisotopic (exact) mass is 477 g/mol. The van der Waals surface area contributed by atoms with Gasteiger partial charge in [-0.25, -0.2) is 0 Å². The number of carbonyl (C=O) groups excluding carboxylic acids is 2. The number of amides is 1. The number of hydrogen-bond acceptors (Lipinski definition) is 3. The molecule has 0 unspecified atom stereocenters. The van der Waals surface area contributed by atoms with Crippen LogP contribution in [0.25, 0.3) is 11.1 Å². The molecule has 3 aromatic rings. The molecule has 0 bridgehead atoms. The minimum atomic E-state index is -0.374. The van der Waals surface area contributed by atoms with Crippen LogP contribution in [0.2, 0.25) is 0 Å². The van der Waals surface area contributed by atoms with E-state index < -0.39 is 0 Å². The fourth-order valence-electron chi connectivity index (χ4n) is 4.58. The number of ether oxygens (including phenoxy) is 1. The third-order valence-corrected chi connectivity index (χ3v) is 8.12. The van der Waals surface area contributed by atoms with Gasteiger partial charge >= 0.3 is 188 Å². The maximum absolute atomic E-state index is 13.0. The molecule has 1 atom stereocenters. The zero-order chi connectivity index (χ0) is 21.2. The van der Waals surface area contributed by atoms with Crippen molar-refractivity contribution >= 4 is 30.2 Å². The number of hydrogen-bond donors (Lipinski definition) is 0. The molecule has 1 fully saturated rings. The maximum atomic E-state index is 13.0. The van der Waals surface area contributed by atoms with Crippen molar-refractivity contribution in [3.8, 4) is 11.1 Å². The van der Waals surface area contributed by atoms with Crippen molar-refractivity contribution in [3.63, 3.8) is 0 Å². The van der Waals surface area contributed by atoms with E-state index in [1.807, 2.05) is 54.6 Å². The van der Waals surface area contributed by atoms with Gasteiger partial charge in [-0.2, -0.15) is 0 Å². The van der Waals surface area contributed by atoms with Gasteiger partial charge in [-0.05, 0) is 0 Å². The Hall–Kier alpha value is -2.88. The number of rotatable bonds is 5. The summed E-state index contributed by atoms with van der Waals surface area (Å²) in [7, 11) is 0. The number of benzene rings is 3. The van der Waals surface area contributed by atoms with Crippen LogP contribution >= 0.6 is 0 Å². The summed E-state index contributed by atoms with van der Waals surface area (Å²) in [6.07, 6.45) is 1.19. The van der Waals surface area contributed by atoms with Crippen molar-refractivity contribution in [1.29, 1.82) is 0 Å². The fraction of sp³-hybridized carbons (Fsp3) is 0.231. The average Bonchev–Trinajstić information content (AvgIpc) is 3.42. The molecule has 1 aliphatic carbocycles. The molecule has 1 heterocycles. The second-order valence-electron chi connectivity index (χ2n) is 7.89. The molecule has 1 aliphatic heterocycles. The Balaban J connectivity index is 1.28. The fourth-order valence-corrected chi connectivity index (χ4v) is 6.48. The second kappa shape index (κ2) is 8.70. The van der Waals surface area contributed by atoms with E-state index in [1.165, 1.54) is 22.3 Å². The first kappa shape index (κ1) is 20.0. The standard InChI is InChI=1S/C26H23NO3Se/c28-25(31-18-9-2-1-3-10-18)24-15-8-16-27(24)26(29)30-17-23-21-13-6-4-11-19(21)20-12-5-7-14-22(20)23/h1-7,9-14,23-24H,8,15-17H2/t24-/m1/s1. The van der Waals surface area contributed by atoms with Gasteiger partial charge in [-0.15, -0.1) is 0 Å². The van der Waals surface area contributed by atoms with Crippen LogP contribution in [0, 0.1) is 0 Å². The Morgan fingerprint density at radius 1 is 0.871 bits per heavy atom. The van der Waals surface area contributed by atoms with E-state index in [0.717, 1.165) is 17.3 Å². The molecule has 3 aromatic carbocycles. The molecular weight excluding hydrogens is 453 g/mol. The molecule has 156 valence electrons. The normalized spacial score (nSPS) is 17.3. The van der Waals surface area contributed by atoms with Gasteiger partial charge in [0.1, 0.15) is 0 Å². The van der Waals surface area contributed by atoms with Crippen LogP contribution in [-0.2, 0) is 9.53 Å². The number of carbonyl (C=O) groups is 2. The van der Waals surface area contributed by atoms with E-state index in [0.29, 0.717) is 6.54 Å². The van der Waals surface area contributed by atoms with Crippen molar-refractivity contribution in [2.75, 3.05) is 13.2 Å². The predicted molar refractivity (Wildman–Crippen MR) is 122 cm³/mol. The van der Waals surface area contributed by atoms with Crippen LogP contribution in [0.5, 0.6) is 0 Å². The van der Waals surface area contributed by atoms with Gasteiger partial charge in [0, 0.05) is 0 Å². The molecule has 1 amide bonds. The molecule has 0 N–H and O–H groups in total. The van der Waals surface area contributed by atoms with E-state index in [1.54, 1.807) is 4.90 Å². The first-order valence-electron chi connectivity index (χ1n) is 10.6. The summed E-state index contributed by atoms with van der Waals surface area (Å²) < 4.78 is 6.98. The SMILES string of the molecule is O=C([Se]c1ccccc1)[C@H]1CCCN1C(=O)OCC1c2ccccc2-c2ccccc21. The third-order valence-electron chi connectivity index (χ3n) is 6.06. The van der Waals surface area contributed by atoms with Crippen LogP contribution in [0.1, 0.15) is 29.9 Å². The zero-order valence-corrected chi connectivity index (χ0v) is 18.8. The zero-order valence-electron chi connectivity index (χ0n) is 17.1. The van der Waals surface area contributed by atoms with Gasteiger partial charge in [-0.1, -0.05) is 0 Å². The molecule has 0 aromatic heterocycles. The number of likely N-dealkylation sites (tertiary alicyclic amines) is 1. The first-order valence-corrected chi connectivity index (χ1v) is 12.3. The summed E-state index contributed by atoms with van der Waals surface area (Å²) in [6, 6.07) is 26.0. The molecule has 1 saturated heterocycles. The van der Waals surface area contributed by atoms with Crippen LogP contribution in [0.4, 0.5) is 4.79 Å². The summed E-state index contributed by atoms with van der Waals surface area (Å²) in [5.74, 6) is 0.0293. The van der Waals surface area contributed by atoms with Gasteiger partial charge in [0.25, 0.3) is 0 Å². The first-order chi connectivity index (χ1) is 15.2. The van der Waals surface area contributed by atoms with Crippen molar-refractivity contribution in [3.05, 3.63) is 90.0 Å².